The molecule has 0 radical (unpaired) electrons. The molecule has 5 rings (SSSR count). The second kappa shape index (κ2) is 7.32. The van der Waals surface area contributed by atoms with E-state index in [2.05, 4.69) is 14.9 Å². The molecule has 0 saturated heterocycles. The van der Waals surface area contributed by atoms with E-state index in [-0.39, 0.29) is 6.04 Å². The van der Waals surface area contributed by atoms with Gasteiger partial charge in [0.25, 0.3) is 5.69 Å². The molecular formula is C24H22N6O2. The lowest BCUT2D eigenvalue weighted by molar-refractivity contribution is -0.0535. The van der Waals surface area contributed by atoms with E-state index in [4.69, 9.17) is 22.0 Å². The molecule has 1 aliphatic carbocycles. The Labute approximate surface area is 185 Å². The van der Waals surface area contributed by atoms with Crippen molar-refractivity contribution in [2.75, 3.05) is 12.8 Å². The predicted octanol–water partition coefficient (Wildman–Crippen LogP) is 4.39. The van der Waals surface area contributed by atoms with Crippen molar-refractivity contribution >= 4 is 22.4 Å². The lowest BCUT2D eigenvalue weighted by Gasteiger charge is -2.41. The van der Waals surface area contributed by atoms with Gasteiger partial charge in [-0.05, 0) is 37.5 Å². The number of ether oxygens (including phenoxy) is 1. The Morgan fingerprint density at radius 3 is 2.56 bits per heavy atom. The maximum absolute atomic E-state index is 10.1. The number of hydrogen-bond donors (Lipinski definition) is 2. The Morgan fingerprint density at radius 2 is 1.91 bits per heavy atom. The van der Waals surface area contributed by atoms with Crippen molar-refractivity contribution in [3.63, 3.8) is 0 Å². The minimum atomic E-state index is -0.717. The van der Waals surface area contributed by atoms with Gasteiger partial charge in [0.1, 0.15) is 11.5 Å². The first-order valence-electron chi connectivity index (χ1n) is 10.3. The van der Waals surface area contributed by atoms with E-state index in [1.165, 1.54) is 0 Å². The van der Waals surface area contributed by atoms with Gasteiger partial charge < -0.3 is 15.6 Å². The molecule has 1 aliphatic rings. The Morgan fingerprint density at radius 1 is 1.16 bits per heavy atom. The first-order valence-corrected chi connectivity index (χ1v) is 10.3. The fraction of sp³-hybridized carbons (Fsp3) is 0.250. The van der Waals surface area contributed by atoms with E-state index < -0.39 is 5.60 Å². The molecule has 0 atom stereocenters. The summed E-state index contributed by atoms with van der Waals surface area (Å²) in [6, 6.07) is 15.3. The van der Waals surface area contributed by atoms with Gasteiger partial charge in [-0.2, -0.15) is 10.1 Å². The highest BCUT2D eigenvalue weighted by Gasteiger charge is 2.41. The van der Waals surface area contributed by atoms with Gasteiger partial charge in [-0.15, -0.1) is 0 Å². The van der Waals surface area contributed by atoms with Gasteiger partial charge >= 0.3 is 0 Å². The third kappa shape index (κ3) is 3.24. The summed E-state index contributed by atoms with van der Waals surface area (Å²) in [6.45, 7) is 9.44. The van der Waals surface area contributed by atoms with Crippen molar-refractivity contribution in [1.29, 1.82) is 0 Å². The van der Waals surface area contributed by atoms with Crippen LogP contribution in [-0.4, -0.2) is 37.6 Å². The minimum absolute atomic E-state index is 0.0215. The van der Waals surface area contributed by atoms with Gasteiger partial charge in [0.15, 0.2) is 5.82 Å². The molecule has 4 aromatic rings. The van der Waals surface area contributed by atoms with Crippen LogP contribution in [0.3, 0.4) is 0 Å². The summed E-state index contributed by atoms with van der Waals surface area (Å²) in [5, 5.41) is 15.5. The standard InChI is InChI=1S/C24H22N6O2/c1-24(31)12-16(13-24)30-21(25)20(26-2)19(29-30)15-9-10-17-18(11-15)27-22(28-23(17)32-3)14-7-5-4-6-8-14/h4-11,16,31H,12-13,25H2,1,3H3. The van der Waals surface area contributed by atoms with Gasteiger partial charge in [-0.1, -0.05) is 36.4 Å². The molecule has 8 heteroatoms. The van der Waals surface area contributed by atoms with Crippen LogP contribution < -0.4 is 10.5 Å². The quantitative estimate of drug-likeness (QED) is 0.469. The summed E-state index contributed by atoms with van der Waals surface area (Å²) in [4.78, 5) is 12.9. The molecule has 32 heavy (non-hydrogen) atoms. The van der Waals surface area contributed by atoms with Crippen molar-refractivity contribution in [1.82, 2.24) is 19.7 Å². The Bertz CT molecular complexity index is 1360. The molecule has 160 valence electrons. The Balaban J connectivity index is 1.63. The average molecular weight is 426 g/mol. The molecule has 8 nitrogen and oxygen atoms in total. The van der Waals surface area contributed by atoms with Crippen LogP contribution in [0.1, 0.15) is 25.8 Å². The van der Waals surface area contributed by atoms with E-state index in [1.54, 1.807) is 18.7 Å². The molecule has 0 aliphatic heterocycles. The normalized spacial score (nSPS) is 20.0. The summed E-state index contributed by atoms with van der Waals surface area (Å²) < 4.78 is 7.18. The van der Waals surface area contributed by atoms with Gasteiger partial charge in [0.05, 0.1) is 36.2 Å². The zero-order valence-corrected chi connectivity index (χ0v) is 17.8. The van der Waals surface area contributed by atoms with Crippen LogP contribution in [0, 0.1) is 6.57 Å². The maximum atomic E-state index is 10.1. The number of hydrogen-bond acceptors (Lipinski definition) is 6. The summed E-state index contributed by atoms with van der Waals surface area (Å²) >= 11 is 0. The molecule has 2 heterocycles. The van der Waals surface area contributed by atoms with Crippen LogP contribution in [0.25, 0.3) is 38.4 Å². The molecule has 2 aromatic carbocycles. The van der Waals surface area contributed by atoms with Crippen LogP contribution >= 0.6 is 0 Å². The second-order valence-electron chi connectivity index (χ2n) is 8.35. The van der Waals surface area contributed by atoms with Crippen molar-refractivity contribution in [2.24, 2.45) is 0 Å². The number of anilines is 1. The number of aromatic nitrogens is 4. The van der Waals surface area contributed by atoms with Crippen LogP contribution in [0.4, 0.5) is 11.5 Å². The molecule has 3 N–H and O–H groups in total. The number of fused-ring (bicyclic) bond motifs is 1. The van der Waals surface area contributed by atoms with Crippen molar-refractivity contribution in [2.45, 2.75) is 31.4 Å². The summed E-state index contributed by atoms with van der Waals surface area (Å²) in [5.41, 5.74) is 8.66. The fourth-order valence-corrected chi connectivity index (χ4v) is 4.27. The Kier molecular flexibility index (Phi) is 4.57. The van der Waals surface area contributed by atoms with Gasteiger partial charge in [-0.25, -0.2) is 9.83 Å². The topological polar surface area (TPSA) is 103 Å². The van der Waals surface area contributed by atoms with Crippen molar-refractivity contribution in [3.05, 3.63) is 59.9 Å². The van der Waals surface area contributed by atoms with E-state index in [0.29, 0.717) is 47.3 Å². The van der Waals surface area contributed by atoms with Crippen LogP contribution in [-0.2, 0) is 0 Å². The summed E-state index contributed by atoms with van der Waals surface area (Å²) in [6.07, 6.45) is 1.11. The molecule has 1 saturated carbocycles. The van der Waals surface area contributed by atoms with Crippen LogP contribution in [0.2, 0.25) is 0 Å². The molecule has 0 unspecified atom stereocenters. The first kappa shape index (κ1) is 20.0. The third-order valence-electron chi connectivity index (χ3n) is 5.89. The van der Waals surface area contributed by atoms with Gasteiger partial charge in [0.2, 0.25) is 5.88 Å². The maximum Gasteiger partial charge on any atom is 0.254 e. The van der Waals surface area contributed by atoms with Crippen LogP contribution in [0.5, 0.6) is 5.88 Å². The zero-order chi connectivity index (χ0) is 22.5. The van der Waals surface area contributed by atoms with E-state index >= 15 is 0 Å². The predicted molar refractivity (Wildman–Crippen MR) is 122 cm³/mol. The number of nitrogens with zero attached hydrogens (tertiary/aromatic N) is 5. The molecule has 0 bridgehead atoms. The van der Waals surface area contributed by atoms with Crippen LogP contribution in [0.15, 0.2) is 48.5 Å². The average Bonchev–Trinajstić information content (AvgIpc) is 3.12. The first-order chi connectivity index (χ1) is 15.4. The number of benzene rings is 2. The SMILES string of the molecule is [C-]#[N+]c1c(-c2ccc3c(OC)nc(-c4ccccc4)nc3c2)nn(C2CC(C)(O)C2)c1N. The van der Waals surface area contributed by atoms with E-state index in [9.17, 15) is 5.11 Å². The van der Waals surface area contributed by atoms with Crippen molar-refractivity contribution < 1.29 is 9.84 Å². The number of nitrogens with two attached hydrogens (primary N) is 1. The van der Waals surface area contributed by atoms with E-state index in [0.717, 1.165) is 16.5 Å². The minimum Gasteiger partial charge on any atom is -0.480 e. The number of nitrogen functional groups attached to an aromatic ring is 1. The lowest BCUT2D eigenvalue weighted by atomic mass is 9.77. The number of aliphatic hydroxyl groups is 1. The highest BCUT2D eigenvalue weighted by molar-refractivity contribution is 5.92. The second-order valence-corrected chi connectivity index (χ2v) is 8.35. The summed E-state index contributed by atoms with van der Waals surface area (Å²) in [5.74, 6) is 1.35. The molecule has 0 amide bonds. The fourth-order valence-electron chi connectivity index (χ4n) is 4.27. The molecular weight excluding hydrogens is 404 g/mol. The monoisotopic (exact) mass is 426 g/mol. The lowest BCUT2D eigenvalue weighted by Crippen LogP contribution is -2.42. The molecule has 2 aromatic heterocycles. The van der Waals surface area contributed by atoms with E-state index in [1.807, 2.05) is 48.5 Å². The smallest absolute Gasteiger partial charge is 0.254 e. The number of rotatable bonds is 4. The largest absolute Gasteiger partial charge is 0.480 e. The molecule has 0 spiro atoms. The third-order valence-corrected chi connectivity index (χ3v) is 5.89. The Hall–Kier alpha value is -3.96. The molecule has 1 fully saturated rings. The highest BCUT2D eigenvalue weighted by atomic mass is 16.5. The van der Waals surface area contributed by atoms with Crippen molar-refractivity contribution in [3.8, 4) is 28.5 Å². The van der Waals surface area contributed by atoms with Gasteiger partial charge in [-0.3, -0.25) is 4.68 Å². The zero-order valence-electron chi connectivity index (χ0n) is 17.8. The number of methoxy groups -OCH3 is 1. The van der Waals surface area contributed by atoms with Gasteiger partial charge in [0, 0.05) is 5.56 Å². The summed E-state index contributed by atoms with van der Waals surface area (Å²) in [7, 11) is 1.58. The highest BCUT2D eigenvalue weighted by Crippen LogP contribution is 2.45.